The number of nitrogens with two attached hydrogens (primary N) is 1. The number of ether oxygens (including phenoxy) is 1. The van der Waals surface area contributed by atoms with Crippen molar-refractivity contribution < 1.29 is 14.3 Å². The fourth-order valence-corrected chi connectivity index (χ4v) is 1.17. The Balaban J connectivity index is 2.61. The summed E-state index contributed by atoms with van der Waals surface area (Å²) in [6, 6.07) is 6.82. The van der Waals surface area contributed by atoms with Gasteiger partial charge < -0.3 is 10.5 Å². The fourth-order valence-electron chi connectivity index (χ4n) is 0.806. The number of primary amides is 1. The lowest BCUT2D eigenvalue weighted by Gasteiger charge is -2.01. The highest BCUT2D eigenvalue weighted by Gasteiger charge is 2.07. The highest BCUT2D eigenvalue weighted by atomic mass is 127. The van der Waals surface area contributed by atoms with E-state index in [1.807, 2.05) is 0 Å². The van der Waals surface area contributed by atoms with Gasteiger partial charge in [0.05, 0.1) is 5.56 Å². The highest BCUT2D eigenvalue weighted by Crippen LogP contribution is 2.07. The minimum Gasteiger partial charge on any atom is -0.452 e. The van der Waals surface area contributed by atoms with Gasteiger partial charge in [0.1, 0.15) is 0 Å². The second kappa shape index (κ2) is 4.94. The molecule has 1 rings (SSSR count). The van der Waals surface area contributed by atoms with Crippen molar-refractivity contribution in [2.75, 3.05) is 6.61 Å². The van der Waals surface area contributed by atoms with Crippen molar-refractivity contribution in [1.82, 2.24) is 0 Å². The molecule has 0 unspecified atom stereocenters. The number of amides is 1. The predicted molar refractivity (Wildman–Crippen MR) is 58.6 cm³/mol. The number of hydrogen-bond acceptors (Lipinski definition) is 3. The summed E-state index contributed by atoms with van der Waals surface area (Å²) < 4.78 is 5.64. The zero-order chi connectivity index (χ0) is 10.6. The number of rotatable bonds is 3. The van der Waals surface area contributed by atoms with Crippen LogP contribution in [-0.4, -0.2) is 18.5 Å². The lowest BCUT2D eigenvalue weighted by atomic mass is 10.2. The molecule has 0 spiro atoms. The van der Waals surface area contributed by atoms with Gasteiger partial charge in [0.2, 0.25) is 0 Å². The zero-order valence-electron chi connectivity index (χ0n) is 7.20. The SMILES string of the molecule is NC(=O)COC(=O)c1ccc(I)cc1. The molecule has 5 heteroatoms. The molecule has 1 aromatic carbocycles. The second-order valence-corrected chi connectivity index (χ2v) is 3.79. The molecule has 0 aromatic heterocycles. The van der Waals surface area contributed by atoms with Crippen LogP contribution in [-0.2, 0) is 9.53 Å². The van der Waals surface area contributed by atoms with Gasteiger partial charge in [-0.25, -0.2) is 4.79 Å². The van der Waals surface area contributed by atoms with Crippen molar-refractivity contribution in [1.29, 1.82) is 0 Å². The Morgan fingerprint density at radius 3 is 2.36 bits per heavy atom. The van der Waals surface area contributed by atoms with Gasteiger partial charge in [-0.05, 0) is 46.9 Å². The van der Waals surface area contributed by atoms with Gasteiger partial charge in [-0.1, -0.05) is 0 Å². The van der Waals surface area contributed by atoms with Crippen molar-refractivity contribution >= 4 is 34.5 Å². The van der Waals surface area contributed by atoms with E-state index in [1.54, 1.807) is 24.3 Å². The molecule has 0 radical (unpaired) electrons. The molecule has 14 heavy (non-hydrogen) atoms. The molecular formula is C9H8INO3. The molecule has 0 atom stereocenters. The zero-order valence-corrected chi connectivity index (χ0v) is 9.35. The van der Waals surface area contributed by atoms with E-state index in [-0.39, 0.29) is 6.61 Å². The third-order valence-electron chi connectivity index (χ3n) is 1.43. The summed E-state index contributed by atoms with van der Waals surface area (Å²) in [5, 5.41) is 0. The van der Waals surface area contributed by atoms with E-state index in [1.165, 1.54) is 0 Å². The summed E-state index contributed by atoms with van der Waals surface area (Å²) in [4.78, 5) is 21.6. The maximum Gasteiger partial charge on any atom is 0.338 e. The molecule has 0 saturated heterocycles. The Morgan fingerprint density at radius 1 is 1.29 bits per heavy atom. The molecule has 0 bridgehead atoms. The van der Waals surface area contributed by atoms with E-state index in [0.29, 0.717) is 5.56 Å². The van der Waals surface area contributed by atoms with Gasteiger partial charge in [0.25, 0.3) is 5.91 Å². The number of esters is 1. The lowest BCUT2D eigenvalue weighted by molar-refractivity contribution is -0.121. The standard InChI is InChI=1S/C9H8INO3/c10-7-3-1-6(2-4-7)9(13)14-5-8(11)12/h1-4H,5H2,(H2,11,12). The molecule has 0 heterocycles. The summed E-state index contributed by atoms with van der Waals surface area (Å²) in [6.07, 6.45) is 0. The van der Waals surface area contributed by atoms with Crippen molar-refractivity contribution in [3.63, 3.8) is 0 Å². The molecular weight excluding hydrogens is 297 g/mol. The maximum atomic E-state index is 11.2. The van der Waals surface area contributed by atoms with E-state index >= 15 is 0 Å². The maximum absolute atomic E-state index is 11.2. The normalized spacial score (nSPS) is 9.50. The Labute approximate surface area is 94.6 Å². The number of carbonyl (C=O) groups is 2. The quantitative estimate of drug-likeness (QED) is 0.667. The van der Waals surface area contributed by atoms with Crippen LogP contribution in [0.4, 0.5) is 0 Å². The van der Waals surface area contributed by atoms with Crippen LogP contribution in [0.5, 0.6) is 0 Å². The molecule has 74 valence electrons. The average molecular weight is 305 g/mol. The molecule has 1 amide bonds. The first kappa shape index (κ1) is 11.0. The van der Waals surface area contributed by atoms with Crippen LogP contribution in [0.3, 0.4) is 0 Å². The van der Waals surface area contributed by atoms with Gasteiger partial charge in [-0.15, -0.1) is 0 Å². The van der Waals surface area contributed by atoms with Crippen LogP contribution in [0.15, 0.2) is 24.3 Å². The monoisotopic (exact) mass is 305 g/mol. The molecule has 4 nitrogen and oxygen atoms in total. The summed E-state index contributed by atoms with van der Waals surface area (Å²) in [6.45, 7) is -0.384. The smallest absolute Gasteiger partial charge is 0.338 e. The Kier molecular flexibility index (Phi) is 3.87. The van der Waals surface area contributed by atoms with Gasteiger partial charge in [0, 0.05) is 3.57 Å². The Bertz CT molecular complexity index is 348. The third kappa shape index (κ3) is 3.33. The number of hydrogen-bond donors (Lipinski definition) is 1. The largest absolute Gasteiger partial charge is 0.452 e. The van der Waals surface area contributed by atoms with E-state index in [4.69, 9.17) is 5.73 Å². The first-order valence-corrected chi connectivity index (χ1v) is 4.88. The van der Waals surface area contributed by atoms with Crippen LogP contribution in [0.1, 0.15) is 10.4 Å². The summed E-state index contributed by atoms with van der Waals surface area (Å²) in [7, 11) is 0. The predicted octanol–water partition coefficient (Wildman–Crippen LogP) is 0.933. The molecule has 0 aliphatic rings. The van der Waals surface area contributed by atoms with Gasteiger partial charge in [0.15, 0.2) is 6.61 Å². The molecule has 2 N–H and O–H groups in total. The fraction of sp³-hybridized carbons (Fsp3) is 0.111. The summed E-state index contributed by atoms with van der Waals surface area (Å²) in [5.74, 6) is -1.20. The van der Waals surface area contributed by atoms with E-state index in [2.05, 4.69) is 27.3 Å². The van der Waals surface area contributed by atoms with Crippen molar-refractivity contribution in [2.45, 2.75) is 0 Å². The third-order valence-corrected chi connectivity index (χ3v) is 2.14. The van der Waals surface area contributed by atoms with Crippen molar-refractivity contribution in [2.24, 2.45) is 5.73 Å². The molecule has 1 aromatic rings. The summed E-state index contributed by atoms with van der Waals surface area (Å²) in [5.41, 5.74) is 5.23. The van der Waals surface area contributed by atoms with Crippen molar-refractivity contribution in [3.05, 3.63) is 33.4 Å². The number of halogens is 1. The minimum atomic E-state index is -0.663. The van der Waals surface area contributed by atoms with Gasteiger partial charge in [-0.2, -0.15) is 0 Å². The number of carbonyl (C=O) groups excluding carboxylic acids is 2. The first-order valence-electron chi connectivity index (χ1n) is 3.80. The summed E-state index contributed by atoms with van der Waals surface area (Å²) >= 11 is 2.13. The van der Waals surface area contributed by atoms with Crippen LogP contribution in [0, 0.1) is 3.57 Å². The van der Waals surface area contributed by atoms with Crippen LogP contribution in [0.25, 0.3) is 0 Å². The minimum absolute atomic E-state index is 0.384. The Hall–Kier alpha value is -1.11. The average Bonchev–Trinajstić information content (AvgIpc) is 2.15. The molecule has 0 aliphatic heterocycles. The second-order valence-electron chi connectivity index (χ2n) is 2.55. The van der Waals surface area contributed by atoms with Crippen molar-refractivity contribution in [3.8, 4) is 0 Å². The van der Waals surface area contributed by atoms with E-state index < -0.39 is 11.9 Å². The van der Waals surface area contributed by atoms with E-state index in [0.717, 1.165) is 3.57 Å². The Morgan fingerprint density at radius 2 is 1.86 bits per heavy atom. The number of benzene rings is 1. The highest BCUT2D eigenvalue weighted by molar-refractivity contribution is 14.1. The van der Waals surface area contributed by atoms with Gasteiger partial charge >= 0.3 is 5.97 Å². The van der Waals surface area contributed by atoms with Gasteiger partial charge in [-0.3, -0.25) is 4.79 Å². The van der Waals surface area contributed by atoms with Crippen LogP contribution >= 0.6 is 22.6 Å². The van der Waals surface area contributed by atoms with Crippen LogP contribution in [0.2, 0.25) is 0 Å². The van der Waals surface area contributed by atoms with E-state index in [9.17, 15) is 9.59 Å². The molecule has 0 saturated carbocycles. The first-order chi connectivity index (χ1) is 6.59. The molecule has 0 aliphatic carbocycles. The molecule has 0 fully saturated rings. The topological polar surface area (TPSA) is 69.4 Å². The lowest BCUT2D eigenvalue weighted by Crippen LogP contribution is -2.20. The van der Waals surface area contributed by atoms with Crippen LogP contribution < -0.4 is 5.73 Å².